The van der Waals surface area contributed by atoms with E-state index < -0.39 is 5.97 Å². The third-order valence-electron chi connectivity index (χ3n) is 3.23. The van der Waals surface area contributed by atoms with Crippen molar-refractivity contribution in [1.82, 2.24) is 4.57 Å². The second-order valence-electron chi connectivity index (χ2n) is 4.74. The quantitative estimate of drug-likeness (QED) is 0.787. The van der Waals surface area contributed by atoms with E-state index in [1.54, 1.807) is 0 Å². The Kier molecular flexibility index (Phi) is 5.26. The van der Waals surface area contributed by atoms with Crippen molar-refractivity contribution in [3.8, 4) is 0 Å². The van der Waals surface area contributed by atoms with Gasteiger partial charge in [0.15, 0.2) is 0 Å². The number of hydrogen-bond donors (Lipinski definition) is 1. The van der Waals surface area contributed by atoms with Crippen LogP contribution in [-0.4, -0.2) is 15.6 Å². The zero-order chi connectivity index (χ0) is 12.8. The van der Waals surface area contributed by atoms with Gasteiger partial charge in [-0.15, -0.1) is 0 Å². The molecule has 0 spiro atoms. The highest BCUT2D eigenvalue weighted by atomic mass is 16.4. The zero-order valence-corrected chi connectivity index (χ0v) is 11.1. The predicted molar refractivity (Wildman–Crippen MR) is 69.4 cm³/mol. The van der Waals surface area contributed by atoms with Crippen LogP contribution in [0.2, 0.25) is 0 Å². The van der Waals surface area contributed by atoms with E-state index in [9.17, 15) is 4.79 Å². The van der Waals surface area contributed by atoms with Gasteiger partial charge in [0.2, 0.25) is 0 Å². The van der Waals surface area contributed by atoms with Crippen LogP contribution in [0.15, 0.2) is 12.1 Å². The summed E-state index contributed by atoms with van der Waals surface area (Å²) in [5, 5.41) is 8.66. The Morgan fingerprint density at radius 1 is 1.47 bits per heavy atom. The molecule has 0 saturated heterocycles. The summed E-state index contributed by atoms with van der Waals surface area (Å²) in [6.45, 7) is 7.34. The van der Waals surface area contributed by atoms with Crippen LogP contribution in [0, 0.1) is 6.92 Å². The Morgan fingerprint density at radius 2 is 2.18 bits per heavy atom. The summed E-state index contributed by atoms with van der Waals surface area (Å²) in [5.74, 6) is -0.156. The number of nitrogens with zero attached hydrogens (tertiary/aromatic N) is 1. The molecule has 0 radical (unpaired) electrons. The van der Waals surface area contributed by atoms with E-state index in [1.807, 2.05) is 0 Å². The molecule has 1 rings (SSSR count). The van der Waals surface area contributed by atoms with Gasteiger partial charge < -0.3 is 9.67 Å². The molecule has 1 heterocycles. The van der Waals surface area contributed by atoms with Gasteiger partial charge in [0.1, 0.15) is 0 Å². The molecule has 0 aliphatic heterocycles. The number of carbonyl (C=O) groups is 1. The minimum atomic E-state index is -0.710. The van der Waals surface area contributed by atoms with Gasteiger partial charge in [-0.2, -0.15) is 0 Å². The maximum Gasteiger partial charge on any atom is 0.303 e. The molecule has 0 aliphatic rings. The first kappa shape index (κ1) is 13.8. The first-order valence-electron chi connectivity index (χ1n) is 6.44. The fourth-order valence-electron chi connectivity index (χ4n) is 2.29. The van der Waals surface area contributed by atoms with Crippen LogP contribution in [0.1, 0.15) is 56.8 Å². The molecular formula is C14H23NO2. The van der Waals surface area contributed by atoms with Crippen molar-refractivity contribution in [2.45, 2.75) is 58.9 Å². The number of carboxylic acids is 1. The number of carboxylic acid groups (broad SMARTS) is 1. The molecular weight excluding hydrogens is 214 g/mol. The molecule has 96 valence electrons. The summed E-state index contributed by atoms with van der Waals surface area (Å²) in [6.07, 6.45) is 3.32. The van der Waals surface area contributed by atoms with Gasteiger partial charge >= 0.3 is 5.97 Å². The Morgan fingerprint density at radius 3 is 2.76 bits per heavy atom. The Balaban J connectivity index is 2.69. The number of aryl methyl sites for hydroxylation is 1. The lowest BCUT2D eigenvalue weighted by Gasteiger charge is -2.16. The summed E-state index contributed by atoms with van der Waals surface area (Å²) < 4.78 is 2.27. The molecule has 1 aromatic heterocycles. The van der Waals surface area contributed by atoms with Crippen molar-refractivity contribution in [2.24, 2.45) is 0 Å². The maximum absolute atomic E-state index is 10.5. The minimum absolute atomic E-state index is 0.249. The Hall–Kier alpha value is -1.25. The van der Waals surface area contributed by atoms with Gasteiger partial charge in [0.05, 0.1) is 0 Å². The summed E-state index contributed by atoms with van der Waals surface area (Å²) >= 11 is 0. The molecule has 1 N–H and O–H groups in total. The smallest absolute Gasteiger partial charge is 0.303 e. The van der Waals surface area contributed by atoms with E-state index in [0.29, 0.717) is 12.3 Å². The van der Waals surface area contributed by atoms with Gasteiger partial charge in [0.25, 0.3) is 0 Å². The third-order valence-corrected chi connectivity index (χ3v) is 3.23. The topological polar surface area (TPSA) is 42.2 Å². The average Bonchev–Trinajstić information content (AvgIpc) is 2.60. The third kappa shape index (κ3) is 3.91. The minimum Gasteiger partial charge on any atom is -0.481 e. The molecule has 0 bridgehead atoms. The highest BCUT2D eigenvalue weighted by molar-refractivity contribution is 5.66. The van der Waals surface area contributed by atoms with Crippen molar-refractivity contribution >= 4 is 5.97 Å². The van der Waals surface area contributed by atoms with Gasteiger partial charge in [-0.3, -0.25) is 4.79 Å². The Labute approximate surface area is 103 Å². The van der Waals surface area contributed by atoms with Crippen LogP contribution in [-0.2, 0) is 11.3 Å². The van der Waals surface area contributed by atoms with Gasteiger partial charge in [0, 0.05) is 24.4 Å². The van der Waals surface area contributed by atoms with Gasteiger partial charge in [-0.25, -0.2) is 0 Å². The molecule has 0 aromatic carbocycles. The molecule has 0 fully saturated rings. The second kappa shape index (κ2) is 6.48. The Bertz CT molecular complexity index is 368. The molecule has 1 unspecified atom stereocenters. The SMILES string of the molecule is CCCC(C)c1ccc(C)n1CCCC(=O)O. The molecule has 0 saturated carbocycles. The van der Waals surface area contributed by atoms with Crippen LogP contribution < -0.4 is 0 Å². The van der Waals surface area contributed by atoms with Crippen molar-refractivity contribution in [3.63, 3.8) is 0 Å². The largest absolute Gasteiger partial charge is 0.481 e. The second-order valence-corrected chi connectivity index (χ2v) is 4.74. The van der Waals surface area contributed by atoms with Crippen molar-refractivity contribution in [2.75, 3.05) is 0 Å². The monoisotopic (exact) mass is 237 g/mol. The van der Waals surface area contributed by atoms with Crippen molar-refractivity contribution < 1.29 is 9.90 Å². The van der Waals surface area contributed by atoms with E-state index in [1.165, 1.54) is 24.2 Å². The summed E-state index contributed by atoms with van der Waals surface area (Å²) in [4.78, 5) is 10.5. The summed E-state index contributed by atoms with van der Waals surface area (Å²) in [5.41, 5.74) is 2.57. The van der Waals surface area contributed by atoms with Crippen LogP contribution in [0.25, 0.3) is 0 Å². The van der Waals surface area contributed by atoms with E-state index in [4.69, 9.17) is 5.11 Å². The van der Waals surface area contributed by atoms with E-state index >= 15 is 0 Å². The van der Waals surface area contributed by atoms with Crippen LogP contribution in [0.5, 0.6) is 0 Å². The number of rotatable bonds is 7. The number of aliphatic carboxylic acids is 1. The van der Waals surface area contributed by atoms with E-state index in [-0.39, 0.29) is 6.42 Å². The fourth-order valence-corrected chi connectivity index (χ4v) is 2.29. The number of aromatic nitrogens is 1. The molecule has 17 heavy (non-hydrogen) atoms. The van der Waals surface area contributed by atoms with Crippen LogP contribution >= 0.6 is 0 Å². The highest BCUT2D eigenvalue weighted by Gasteiger charge is 2.11. The van der Waals surface area contributed by atoms with Crippen LogP contribution in [0.4, 0.5) is 0 Å². The lowest BCUT2D eigenvalue weighted by Crippen LogP contribution is -2.09. The lowest BCUT2D eigenvalue weighted by atomic mass is 10.0. The summed E-state index contributed by atoms with van der Waals surface area (Å²) in [7, 11) is 0. The number of hydrogen-bond acceptors (Lipinski definition) is 1. The van der Waals surface area contributed by atoms with Crippen LogP contribution in [0.3, 0.4) is 0 Å². The summed E-state index contributed by atoms with van der Waals surface area (Å²) in [6, 6.07) is 4.30. The first-order chi connectivity index (χ1) is 8.06. The van der Waals surface area contributed by atoms with Gasteiger partial charge in [-0.05, 0) is 37.8 Å². The molecule has 0 aliphatic carbocycles. The average molecular weight is 237 g/mol. The molecule has 0 amide bonds. The molecule has 1 aromatic rings. The maximum atomic E-state index is 10.5. The predicted octanol–water partition coefficient (Wildman–Crippen LogP) is 3.56. The van der Waals surface area contributed by atoms with E-state index in [0.717, 1.165) is 6.54 Å². The molecule has 1 atom stereocenters. The van der Waals surface area contributed by atoms with Gasteiger partial charge in [-0.1, -0.05) is 20.3 Å². The first-order valence-corrected chi connectivity index (χ1v) is 6.44. The van der Waals surface area contributed by atoms with Crippen molar-refractivity contribution in [1.29, 1.82) is 0 Å². The normalized spacial score (nSPS) is 12.6. The molecule has 3 nitrogen and oxygen atoms in total. The standard InChI is InChI=1S/C14H23NO2/c1-4-6-11(2)13-9-8-12(3)15(13)10-5-7-14(16)17/h8-9,11H,4-7,10H2,1-3H3,(H,16,17). The fraction of sp³-hybridized carbons (Fsp3) is 0.643. The van der Waals surface area contributed by atoms with Crippen molar-refractivity contribution in [3.05, 3.63) is 23.5 Å². The van der Waals surface area contributed by atoms with E-state index in [2.05, 4.69) is 37.5 Å². The zero-order valence-electron chi connectivity index (χ0n) is 11.1. The lowest BCUT2D eigenvalue weighted by molar-refractivity contribution is -0.137. The molecule has 3 heteroatoms. The highest BCUT2D eigenvalue weighted by Crippen LogP contribution is 2.23.